The lowest BCUT2D eigenvalue weighted by Gasteiger charge is -2.36. The Hall–Kier alpha value is -3.05. The molecule has 0 spiro atoms. The molecular formula is C27H31N3O2. The molecule has 3 aromatic rings. The Morgan fingerprint density at radius 2 is 1.75 bits per heavy atom. The normalized spacial score (nSPS) is 16.3. The Kier molecular flexibility index (Phi) is 5.99. The largest absolute Gasteiger partial charge is 0.493 e. The first-order chi connectivity index (χ1) is 15.7. The number of hydrogen-bond donors (Lipinski definition) is 1. The molecule has 2 aliphatic heterocycles. The highest BCUT2D eigenvalue weighted by Crippen LogP contribution is 2.29. The molecule has 0 aliphatic carbocycles. The van der Waals surface area contributed by atoms with Gasteiger partial charge in [-0.25, -0.2) is 0 Å². The van der Waals surface area contributed by atoms with Crippen LogP contribution in [-0.2, 0) is 6.54 Å². The van der Waals surface area contributed by atoms with E-state index < -0.39 is 0 Å². The fraction of sp³-hybridized carbons (Fsp3) is 0.370. The predicted octanol–water partition coefficient (Wildman–Crippen LogP) is 4.37. The van der Waals surface area contributed by atoms with Gasteiger partial charge >= 0.3 is 0 Å². The van der Waals surface area contributed by atoms with Gasteiger partial charge in [-0.15, -0.1) is 0 Å². The van der Waals surface area contributed by atoms with Crippen LogP contribution in [0, 0.1) is 6.92 Å². The number of unbranched alkanes of at least 4 members (excludes halogenated alkanes) is 1. The molecule has 1 N–H and O–H groups in total. The van der Waals surface area contributed by atoms with Crippen LogP contribution in [0.4, 0.5) is 5.69 Å². The SMILES string of the molecule is Cc1c(OCCCCN2CCN(c3cccc4ccccc34)CC2)ccc2c1C(=O)NC2. The van der Waals surface area contributed by atoms with Gasteiger partial charge in [-0.1, -0.05) is 42.5 Å². The average molecular weight is 430 g/mol. The van der Waals surface area contributed by atoms with Gasteiger partial charge in [0.05, 0.1) is 12.2 Å². The smallest absolute Gasteiger partial charge is 0.252 e. The third-order valence-corrected chi connectivity index (χ3v) is 6.77. The van der Waals surface area contributed by atoms with Crippen LogP contribution in [0.1, 0.15) is 34.3 Å². The lowest BCUT2D eigenvalue weighted by atomic mass is 10.0. The quantitative estimate of drug-likeness (QED) is 0.567. The van der Waals surface area contributed by atoms with Crippen LogP contribution in [0.3, 0.4) is 0 Å². The summed E-state index contributed by atoms with van der Waals surface area (Å²) in [4.78, 5) is 17.1. The standard InChI is InChI=1S/C27H31N3O2/c1-20-25(12-11-22-19-28-27(31)26(20)22)32-18-5-4-13-29-14-16-30(17-15-29)24-10-6-8-21-7-2-3-9-23(21)24/h2-3,6-12H,4-5,13-19H2,1H3,(H,28,31). The first-order valence-corrected chi connectivity index (χ1v) is 11.7. The second-order valence-corrected chi connectivity index (χ2v) is 8.79. The summed E-state index contributed by atoms with van der Waals surface area (Å²) in [5.74, 6) is 0.857. The van der Waals surface area contributed by atoms with Gasteiger partial charge in [-0.05, 0) is 49.4 Å². The van der Waals surface area contributed by atoms with Crippen LogP contribution < -0.4 is 15.0 Å². The summed E-state index contributed by atoms with van der Waals surface area (Å²) < 4.78 is 6.01. The van der Waals surface area contributed by atoms with Gasteiger partial charge in [0, 0.05) is 49.4 Å². The van der Waals surface area contributed by atoms with Gasteiger partial charge in [-0.2, -0.15) is 0 Å². The summed E-state index contributed by atoms with van der Waals surface area (Å²) in [7, 11) is 0. The molecule has 32 heavy (non-hydrogen) atoms. The van der Waals surface area contributed by atoms with Crippen LogP contribution in [0.25, 0.3) is 10.8 Å². The van der Waals surface area contributed by atoms with Crippen LogP contribution in [0.2, 0.25) is 0 Å². The zero-order valence-corrected chi connectivity index (χ0v) is 18.8. The monoisotopic (exact) mass is 429 g/mol. The molecule has 1 fully saturated rings. The number of amides is 1. The second-order valence-electron chi connectivity index (χ2n) is 8.79. The van der Waals surface area contributed by atoms with Crippen LogP contribution >= 0.6 is 0 Å². The lowest BCUT2D eigenvalue weighted by Crippen LogP contribution is -2.46. The summed E-state index contributed by atoms with van der Waals surface area (Å²) in [6.07, 6.45) is 2.14. The molecule has 1 saturated heterocycles. The second kappa shape index (κ2) is 9.21. The van der Waals surface area contributed by atoms with Crippen molar-refractivity contribution in [2.45, 2.75) is 26.3 Å². The molecule has 5 heteroatoms. The number of benzene rings is 3. The molecule has 0 bridgehead atoms. The third kappa shape index (κ3) is 4.17. The van der Waals surface area contributed by atoms with Gasteiger partial charge in [0.2, 0.25) is 0 Å². The highest BCUT2D eigenvalue weighted by molar-refractivity contribution is 6.00. The van der Waals surface area contributed by atoms with E-state index in [1.54, 1.807) is 0 Å². The number of carbonyl (C=O) groups excluding carboxylic acids is 1. The maximum atomic E-state index is 12.0. The van der Waals surface area contributed by atoms with Crippen molar-refractivity contribution in [3.05, 3.63) is 71.3 Å². The van der Waals surface area contributed by atoms with Crippen molar-refractivity contribution in [3.63, 3.8) is 0 Å². The molecular weight excluding hydrogens is 398 g/mol. The topological polar surface area (TPSA) is 44.8 Å². The van der Waals surface area contributed by atoms with E-state index in [9.17, 15) is 4.79 Å². The number of ether oxygens (including phenoxy) is 1. The molecule has 0 atom stereocenters. The van der Waals surface area contributed by atoms with Gasteiger partial charge < -0.3 is 15.0 Å². The molecule has 5 nitrogen and oxygen atoms in total. The fourth-order valence-corrected chi connectivity index (χ4v) is 4.95. The molecule has 2 aliphatic rings. The molecule has 166 valence electrons. The molecule has 1 amide bonds. The van der Waals surface area contributed by atoms with E-state index >= 15 is 0 Å². The molecule has 0 saturated carbocycles. The van der Waals surface area contributed by atoms with E-state index in [-0.39, 0.29) is 5.91 Å². The van der Waals surface area contributed by atoms with Gasteiger partial charge in [0.1, 0.15) is 5.75 Å². The highest BCUT2D eigenvalue weighted by atomic mass is 16.5. The van der Waals surface area contributed by atoms with Crippen molar-refractivity contribution < 1.29 is 9.53 Å². The predicted molar refractivity (Wildman–Crippen MR) is 130 cm³/mol. The van der Waals surface area contributed by atoms with E-state index in [2.05, 4.69) is 57.6 Å². The summed E-state index contributed by atoms with van der Waals surface area (Å²) in [6.45, 7) is 8.75. The molecule has 5 rings (SSSR count). The van der Waals surface area contributed by atoms with Crippen LogP contribution in [0.5, 0.6) is 5.75 Å². The Balaban J connectivity index is 1.07. The maximum absolute atomic E-state index is 12.0. The summed E-state index contributed by atoms with van der Waals surface area (Å²) in [5, 5.41) is 5.54. The van der Waals surface area contributed by atoms with Gasteiger partial charge in [0.15, 0.2) is 0 Å². The number of rotatable bonds is 7. The van der Waals surface area contributed by atoms with Gasteiger partial charge in [0.25, 0.3) is 5.91 Å². The van der Waals surface area contributed by atoms with E-state index in [4.69, 9.17) is 4.74 Å². The zero-order chi connectivity index (χ0) is 21.9. The number of carbonyl (C=O) groups is 1. The number of piperazine rings is 1. The molecule has 2 heterocycles. The minimum atomic E-state index is 0.0191. The Bertz CT molecular complexity index is 1110. The average Bonchev–Trinajstić information content (AvgIpc) is 3.21. The summed E-state index contributed by atoms with van der Waals surface area (Å²) in [6, 6.07) is 19.3. The third-order valence-electron chi connectivity index (χ3n) is 6.77. The van der Waals surface area contributed by atoms with E-state index in [1.165, 1.54) is 16.5 Å². The lowest BCUT2D eigenvalue weighted by molar-refractivity contribution is 0.0965. The Labute approximate surface area is 190 Å². The number of hydrogen-bond acceptors (Lipinski definition) is 4. The number of nitrogens with zero attached hydrogens (tertiary/aromatic N) is 2. The first-order valence-electron chi connectivity index (χ1n) is 11.7. The first kappa shape index (κ1) is 20.8. The van der Waals surface area contributed by atoms with Crippen molar-refractivity contribution in [1.82, 2.24) is 10.2 Å². The minimum Gasteiger partial charge on any atom is -0.493 e. The van der Waals surface area contributed by atoms with Crippen molar-refractivity contribution in [2.24, 2.45) is 0 Å². The molecule has 3 aromatic carbocycles. The molecule has 0 unspecified atom stereocenters. The Morgan fingerprint density at radius 1 is 0.938 bits per heavy atom. The minimum absolute atomic E-state index is 0.0191. The van der Waals surface area contributed by atoms with E-state index in [0.29, 0.717) is 13.2 Å². The molecule has 0 aromatic heterocycles. The van der Waals surface area contributed by atoms with E-state index in [0.717, 1.165) is 68.0 Å². The number of nitrogens with one attached hydrogen (secondary N) is 1. The molecule has 0 radical (unpaired) electrons. The highest BCUT2D eigenvalue weighted by Gasteiger charge is 2.23. The van der Waals surface area contributed by atoms with Crippen LogP contribution in [0.15, 0.2) is 54.6 Å². The van der Waals surface area contributed by atoms with Crippen molar-refractivity contribution >= 4 is 22.4 Å². The summed E-state index contributed by atoms with van der Waals surface area (Å²) in [5.41, 5.74) is 4.19. The van der Waals surface area contributed by atoms with Crippen molar-refractivity contribution in [3.8, 4) is 5.75 Å². The van der Waals surface area contributed by atoms with Gasteiger partial charge in [-0.3, -0.25) is 9.69 Å². The van der Waals surface area contributed by atoms with Crippen molar-refractivity contribution in [2.75, 3.05) is 44.2 Å². The maximum Gasteiger partial charge on any atom is 0.252 e. The zero-order valence-electron chi connectivity index (χ0n) is 18.8. The van der Waals surface area contributed by atoms with E-state index in [1.807, 2.05) is 19.1 Å². The number of fused-ring (bicyclic) bond motifs is 2. The fourth-order valence-electron chi connectivity index (χ4n) is 4.95. The Morgan fingerprint density at radius 3 is 2.62 bits per heavy atom. The van der Waals surface area contributed by atoms with Crippen LogP contribution in [-0.4, -0.2) is 50.1 Å². The summed E-state index contributed by atoms with van der Waals surface area (Å²) >= 11 is 0. The van der Waals surface area contributed by atoms with Crippen molar-refractivity contribution in [1.29, 1.82) is 0 Å². The number of anilines is 1.